The average Bonchev–Trinajstić information content (AvgIpc) is 2.70. The highest BCUT2D eigenvalue weighted by molar-refractivity contribution is 7.80. The van der Waals surface area contributed by atoms with E-state index < -0.39 is 11.9 Å². The molecule has 7 nitrogen and oxygen atoms in total. The van der Waals surface area contributed by atoms with Gasteiger partial charge in [-0.3, -0.25) is 15.6 Å². The lowest BCUT2D eigenvalue weighted by atomic mass is 10.1. The Balaban J connectivity index is 2.42. The van der Waals surface area contributed by atoms with E-state index in [-0.39, 0.29) is 17.2 Å². The number of benzene rings is 1. The average molecular weight is 306 g/mol. The van der Waals surface area contributed by atoms with E-state index in [1.807, 2.05) is 6.07 Å². The second-order valence-electron chi connectivity index (χ2n) is 4.42. The summed E-state index contributed by atoms with van der Waals surface area (Å²) >= 11 is 4.58. The van der Waals surface area contributed by atoms with Crippen molar-refractivity contribution in [2.24, 2.45) is 12.8 Å². The van der Waals surface area contributed by atoms with Crippen molar-refractivity contribution in [3.8, 4) is 0 Å². The van der Waals surface area contributed by atoms with Crippen molar-refractivity contribution in [3.05, 3.63) is 35.5 Å². The highest BCUT2D eigenvalue weighted by Gasteiger charge is 2.22. The number of nitrogens with two attached hydrogens (primary N) is 1. The number of hydrazine groups is 1. The zero-order valence-electron chi connectivity index (χ0n) is 11.2. The van der Waals surface area contributed by atoms with Gasteiger partial charge in [0.1, 0.15) is 5.69 Å². The Morgan fingerprint density at radius 3 is 2.62 bits per heavy atom. The summed E-state index contributed by atoms with van der Waals surface area (Å²) in [7, 11) is 1.65. The van der Waals surface area contributed by atoms with Crippen LogP contribution in [0, 0.1) is 0 Å². The molecular formula is C13H14N4O3S. The van der Waals surface area contributed by atoms with Crippen molar-refractivity contribution >= 4 is 40.1 Å². The number of aromatic nitrogens is 1. The third kappa shape index (κ3) is 2.95. The van der Waals surface area contributed by atoms with Crippen LogP contribution in [-0.4, -0.2) is 26.7 Å². The Bertz CT molecular complexity index is 738. The molecule has 0 spiro atoms. The number of carbonyl (C=O) groups is 2. The van der Waals surface area contributed by atoms with E-state index in [1.165, 1.54) is 0 Å². The number of fused-ring (bicyclic) bond motifs is 1. The molecule has 1 aromatic heterocycles. The summed E-state index contributed by atoms with van der Waals surface area (Å²) in [6.45, 7) is 0. The van der Waals surface area contributed by atoms with Gasteiger partial charge < -0.3 is 15.4 Å². The van der Waals surface area contributed by atoms with Crippen LogP contribution in [0.3, 0.4) is 0 Å². The quantitative estimate of drug-likeness (QED) is 0.479. The first-order valence-electron chi connectivity index (χ1n) is 6.05. The highest BCUT2D eigenvalue weighted by atomic mass is 32.1. The van der Waals surface area contributed by atoms with Gasteiger partial charge in [-0.2, -0.15) is 0 Å². The van der Waals surface area contributed by atoms with Crippen LogP contribution >= 0.6 is 12.2 Å². The molecule has 21 heavy (non-hydrogen) atoms. The molecule has 0 saturated heterocycles. The van der Waals surface area contributed by atoms with Crippen LogP contribution in [0.5, 0.6) is 0 Å². The maximum absolute atomic E-state index is 11.9. The molecule has 0 fully saturated rings. The second kappa shape index (κ2) is 5.80. The molecule has 1 amide bonds. The third-order valence-electron chi connectivity index (χ3n) is 3.08. The lowest BCUT2D eigenvalue weighted by molar-refractivity contribution is -0.120. The number of nitrogens with one attached hydrogen (secondary N) is 2. The number of nitrogens with zero attached hydrogens (tertiary/aromatic N) is 1. The van der Waals surface area contributed by atoms with Gasteiger partial charge in [0, 0.05) is 23.5 Å². The smallest absolute Gasteiger partial charge is 0.352 e. The Labute approximate surface area is 125 Å². The topological polar surface area (TPSA) is 109 Å². The van der Waals surface area contributed by atoms with E-state index in [9.17, 15) is 14.7 Å². The lowest BCUT2D eigenvalue weighted by Gasteiger charge is -2.07. The molecule has 0 unspecified atom stereocenters. The van der Waals surface area contributed by atoms with E-state index in [0.29, 0.717) is 5.56 Å². The number of aryl methyl sites for hydroxylation is 1. The summed E-state index contributed by atoms with van der Waals surface area (Å²) in [5.74, 6) is -1.51. The molecule has 2 rings (SSSR count). The first kappa shape index (κ1) is 14.8. The molecule has 0 bridgehead atoms. The standard InChI is InChI=1S/C13H14N4O3S/c1-17-9-5-3-2-4-7(9)8(11(17)12(19)20)6-10(18)15-16-13(14)21/h2-5H,6H2,1H3,(H,15,18)(H,19,20)(H3,14,16,21). The van der Waals surface area contributed by atoms with Gasteiger partial charge in [0.15, 0.2) is 5.11 Å². The van der Waals surface area contributed by atoms with Crippen LogP contribution in [0.15, 0.2) is 24.3 Å². The van der Waals surface area contributed by atoms with E-state index in [2.05, 4.69) is 23.1 Å². The molecule has 110 valence electrons. The summed E-state index contributed by atoms with van der Waals surface area (Å²) in [5.41, 5.74) is 11.1. The van der Waals surface area contributed by atoms with Crippen molar-refractivity contribution in [2.45, 2.75) is 6.42 Å². The highest BCUT2D eigenvalue weighted by Crippen LogP contribution is 2.25. The predicted molar refractivity (Wildman–Crippen MR) is 81.6 cm³/mol. The zero-order valence-corrected chi connectivity index (χ0v) is 12.0. The maximum Gasteiger partial charge on any atom is 0.352 e. The van der Waals surface area contributed by atoms with Crippen LogP contribution < -0.4 is 16.6 Å². The SMILES string of the molecule is Cn1c(C(=O)O)c(CC(=O)NNC(N)=S)c2ccccc21. The minimum atomic E-state index is -1.08. The van der Waals surface area contributed by atoms with Gasteiger partial charge in [-0.05, 0) is 18.3 Å². The Morgan fingerprint density at radius 1 is 1.33 bits per heavy atom. The lowest BCUT2D eigenvalue weighted by Crippen LogP contribution is -2.45. The molecule has 5 N–H and O–H groups in total. The molecule has 2 aromatic rings. The van der Waals surface area contributed by atoms with Gasteiger partial charge >= 0.3 is 5.97 Å². The molecule has 0 aliphatic rings. The van der Waals surface area contributed by atoms with Crippen molar-refractivity contribution in [1.29, 1.82) is 0 Å². The number of carboxylic acids is 1. The number of aromatic carboxylic acids is 1. The molecule has 0 aliphatic carbocycles. The number of para-hydroxylation sites is 1. The first-order chi connectivity index (χ1) is 9.91. The van der Waals surface area contributed by atoms with E-state index in [4.69, 9.17) is 5.73 Å². The molecule has 1 heterocycles. The van der Waals surface area contributed by atoms with E-state index in [1.54, 1.807) is 29.8 Å². The van der Waals surface area contributed by atoms with Crippen LogP contribution in [0.25, 0.3) is 10.9 Å². The van der Waals surface area contributed by atoms with Crippen molar-refractivity contribution in [3.63, 3.8) is 0 Å². The monoisotopic (exact) mass is 306 g/mol. The minimum Gasteiger partial charge on any atom is -0.477 e. The molecule has 0 saturated carbocycles. The summed E-state index contributed by atoms with van der Waals surface area (Å²) < 4.78 is 1.56. The van der Waals surface area contributed by atoms with Gasteiger partial charge in [0.2, 0.25) is 5.91 Å². The zero-order chi connectivity index (χ0) is 15.6. The Kier molecular flexibility index (Phi) is 4.08. The minimum absolute atomic E-state index is 0.0697. The van der Waals surface area contributed by atoms with Crippen molar-refractivity contribution < 1.29 is 14.7 Å². The number of thiocarbonyl (C=S) groups is 1. The molecule has 0 atom stereocenters. The van der Waals surface area contributed by atoms with Gasteiger partial charge in [-0.1, -0.05) is 18.2 Å². The summed E-state index contributed by atoms with van der Waals surface area (Å²) in [4.78, 5) is 23.3. The maximum atomic E-state index is 11.9. The Morgan fingerprint density at radius 2 is 2.00 bits per heavy atom. The second-order valence-corrected chi connectivity index (χ2v) is 4.86. The fourth-order valence-corrected chi connectivity index (χ4v) is 2.31. The van der Waals surface area contributed by atoms with Gasteiger partial charge in [-0.15, -0.1) is 0 Å². The Hall–Kier alpha value is -2.61. The summed E-state index contributed by atoms with van der Waals surface area (Å²) in [5, 5.41) is 10.0. The molecular weight excluding hydrogens is 292 g/mol. The molecule has 8 heteroatoms. The fraction of sp³-hybridized carbons (Fsp3) is 0.154. The number of hydrogen-bond acceptors (Lipinski definition) is 3. The normalized spacial score (nSPS) is 10.3. The van der Waals surface area contributed by atoms with E-state index in [0.717, 1.165) is 10.9 Å². The number of carboxylic acid groups (broad SMARTS) is 1. The van der Waals surface area contributed by atoms with Crippen molar-refractivity contribution in [1.82, 2.24) is 15.4 Å². The van der Waals surface area contributed by atoms with Crippen LogP contribution in [0.1, 0.15) is 16.1 Å². The number of amides is 1. The first-order valence-corrected chi connectivity index (χ1v) is 6.46. The molecule has 0 radical (unpaired) electrons. The van der Waals surface area contributed by atoms with Gasteiger partial charge in [-0.25, -0.2) is 4.79 Å². The summed E-state index contributed by atoms with van der Waals surface area (Å²) in [6.07, 6.45) is -0.0986. The number of rotatable bonds is 3. The molecule has 1 aromatic carbocycles. The van der Waals surface area contributed by atoms with Crippen LogP contribution in [-0.2, 0) is 18.3 Å². The van der Waals surface area contributed by atoms with Gasteiger partial charge in [0.05, 0.1) is 6.42 Å². The van der Waals surface area contributed by atoms with E-state index >= 15 is 0 Å². The predicted octanol–water partition coefficient (Wildman–Crippen LogP) is 0.283. The molecule has 0 aliphatic heterocycles. The summed E-state index contributed by atoms with van der Waals surface area (Å²) in [6, 6.07) is 7.19. The third-order valence-corrected chi connectivity index (χ3v) is 3.18. The fourth-order valence-electron chi connectivity index (χ4n) is 2.26. The van der Waals surface area contributed by atoms with Crippen molar-refractivity contribution in [2.75, 3.05) is 0 Å². The largest absolute Gasteiger partial charge is 0.477 e. The van der Waals surface area contributed by atoms with Gasteiger partial charge in [0.25, 0.3) is 0 Å². The number of carbonyl (C=O) groups excluding carboxylic acids is 1. The van der Waals surface area contributed by atoms with Crippen LogP contribution in [0.4, 0.5) is 0 Å². The van der Waals surface area contributed by atoms with Crippen LogP contribution in [0.2, 0.25) is 0 Å². The number of hydrogen-bond donors (Lipinski definition) is 4.